The van der Waals surface area contributed by atoms with Crippen LogP contribution < -0.4 is 10.1 Å². The number of hydrogen-bond acceptors (Lipinski definition) is 5. The number of rotatable bonds is 5. The third-order valence-corrected chi connectivity index (χ3v) is 5.39. The zero-order valence-corrected chi connectivity index (χ0v) is 16.6. The van der Waals surface area contributed by atoms with Gasteiger partial charge in [0.1, 0.15) is 5.75 Å². The molecule has 1 heterocycles. The number of methoxy groups -OCH3 is 2. The highest BCUT2D eigenvalue weighted by Crippen LogP contribution is 2.39. The minimum absolute atomic E-state index is 0.0592. The minimum Gasteiger partial charge on any atom is -0.494 e. The standard InChI is InChI=1S/C22H23N3O4/c1-13-5-4-6-14(7-13)21(26)23-19-10-16-12-25(24-18(16)11-20(19)28-2)17-8-15(9-17)22(27)29-3/h4-7,10-12,15,17H,8-9H2,1-3H3,(H,23,26). The van der Waals surface area contributed by atoms with Crippen LogP contribution in [0.2, 0.25) is 0 Å². The number of ether oxygens (including phenoxy) is 2. The second kappa shape index (κ2) is 7.58. The van der Waals surface area contributed by atoms with E-state index in [-0.39, 0.29) is 23.8 Å². The van der Waals surface area contributed by atoms with Gasteiger partial charge in [-0.05, 0) is 38.0 Å². The Morgan fingerprint density at radius 2 is 1.97 bits per heavy atom. The van der Waals surface area contributed by atoms with Gasteiger partial charge in [-0.15, -0.1) is 0 Å². The van der Waals surface area contributed by atoms with Gasteiger partial charge < -0.3 is 14.8 Å². The average molecular weight is 393 g/mol. The number of hydrogen-bond donors (Lipinski definition) is 1. The summed E-state index contributed by atoms with van der Waals surface area (Å²) in [6.45, 7) is 1.95. The molecule has 1 saturated carbocycles. The van der Waals surface area contributed by atoms with E-state index in [4.69, 9.17) is 9.47 Å². The number of nitrogens with zero attached hydrogens (tertiary/aromatic N) is 2. The van der Waals surface area contributed by atoms with Gasteiger partial charge in [0.05, 0.1) is 37.4 Å². The van der Waals surface area contributed by atoms with Gasteiger partial charge in [-0.25, -0.2) is 0 Å². The van der Waals surface area contributed by atoms with Crippen molar-refractivity contribution in [3.8, 4) is 5.75 Å². The minimum atomic E-state index is -0.196. The summed E-state index contributed by atoms with van der Waals surface area (Å²) in [5.41, 5.74) is 2.97. The van der Waals surface area contributed by atoms with E-state index < -0.39 is 0 Å². The van der Waals surface area contributed by atoms with E-state index in [1.807, 2.05) is 48.1 Å². The van der Waals surface area contributed by atoms with E-state index in [0.717, 1.165) is 29.3 Å². The molecule has 1 fully saturated rings. The predicted molar refractivity (Wildman–Crippen MR) is 109 cm³/mol. The number of anilines is 1. The van der Waals surface area contributed by atoms with Gasteiger partial charge in [-0.3, -0.25) is 14.3 Å². The summed E-state index contributed by atoms with van der Waals surface area (Å²) in [7, 11) is 2.98. The molecule has 1 aliphatic carbocycles. The Hall–Kier alpha value is -3.35. The van der Waals surface area contributed by atoms with Crippen LogP contribution in [0.5, 0.6) is 5.75 Å². The first-order valence-corrected chi connectivity index (χ1v) is 9.51. The lowest BCUT2D eigenvalue weighted by Gasteiger charge is -2.33. The number of benzene rings is 2. The topological polar surface area (TPSA) is 82.5 Å². The maximum atomic E-state index is 12.6. The molecule has 29 heavy (non-hydrogen) atoms. The van der Waals surface area contributed by atoms with Crippen molar-refractivity contribution >= 4 is 28.5 Å². The number of fused-ring (bicyclic) bond motifs is 1. The molecule has 2 aromatic carbocycles. The molecule has 7 nitrogen and oxygen atoms in total. The molecule has 0 atom stereocenters. The van der Waals surface area contributed by atoms with E-state index in [0.29, 0.717) is 17.0 Å². The van der Waals surface area contributed by atoms with Crippen molar-refractivity contribution in [1.82, 2.24) is 9.78 Å². The van der Waals surface area contributed by atoms with Crippen LogP contribution in [0.1, 0.15) is 34.8 Å². The predicted octanol–water partition coefficient (Wildman–Crippen LogP) is 3.73. The monoisotopic (exact) mass is 393 g/mol. The normalized spacial score (nSPS) is 18.2. The fraction of sp³-hybridized carbons (Fsp3) is 0.318. The van der Waals surface area contributed by atoms with Gasteiger partial charge in [0, 0.05) is 23.2 Å². The SMILES string of the molecule is COC(=O)C1CC(n2cc3cc(NC(=O)c4cccc(C)c4)c(OC)cc3n2)C1. The zero-order valence-electron chi connectivity index (χ0n) is 16.6. The average Bonchev–Trinajstić information content (AvgIpc) is 3.08. The number of aromatic nitrogens is 2. The molecule has 7 heteroatoms. The molecule has 1 aromatic heterocycles. The molecule has 4 rings (SSSR count). The highest BCUT2D eigenvalue weighted by molar-refractivity contribution is 6.06. The summed E-state index contributed by atoms with van der Waals surface area (Å²) in [5, 5.41) is 8.45. The van der Waals surface area contributed by atoms with E-state index in [9.17, 15) is 9.59 Å². The van der Waals surface area contributed by atoms with E-state index >= 15 is 0 Å². The van der Waals surface area contributed by atoms with Gasteiger partial charge in [0.25, 0.3) is 5.91 Å². The summed E-state index contributed by atoms with van der Waals surface area (Å²) < 4.78 is 12.1. The van der Waals surface area contributed by atoms with Crippen molar-refractivity contribution in [3.63, 3.8) is 0 Å². The molecular weight excluding hydrogens is 370 g/mol. The van der Waals surface area contributed by atoms with Gasteiger partial charge in [0.2, 0.25) is 0 Å². The molecule has 1 aliphatic rings. The molecule has 0 unspecified atom stereocenters. The van der Waals surface area contributed by atoms with Gasteiger partial charge in [-0.2, -0.15) is 5.10 Å². The summed E-state index contributed by atoms with van der Waals surface area (Å²) >= 11 is 0. The molecule has 150 valence electrons. The number of aryl methyl sites for hydroxylation is 1. The highest BCUT2D eigenvalue weighted by Gasteiger charge is 2.37. The summed E-state index contributed by atoms with van der Waals surface area (Å²) in [6.07, 6.45) is 3.37. The second-order valence-electron chi connectivity index (χ2n) is 7.39. The molecule has 1 N–H and O–H groups in total. The lowest BCUT2D eigenvalue weighted by Crippen LogP contribution is -2.33. The Bertz CT molecular complexity index is 1080. The lowest BCUT2D eigenvalue weighted by atomic mass is 9.80. The number of carbonyl (C=O) groups is 2. The third kappa shape index (κ3) is 3.68. The number of esters is 1. The van der Waals surface area contributed by atoms with Crippen molar-refractivity contribution in [2.24, 2.45) is 5.92 Å². The molecule has 1 amide bonds. The van der Waals surface area contributed by atoms with Crippen LogP contribution in [0.3, 0.4) is 0 Å². The Morgan fingerprint density at radius 1 is 1.17 bits per heavy atom. The third-order valence-electron chi connectivity index (χ3n) is 5.39. The molecular formula is C22H23N3O4. The van der Waals surface area contributed by atoms with Crippen LogP contribution in [0, 0.1) is 12.8 Å². The maximum Gasteiger partial charge on any atom is 0.308 e. The molecule has 0 bridgehead atoms. The van der Waals surface area contributed by atoms with Crippen molar-refractivity contribution in [1.29, 1.82) is 0 Å². The Morgan fingerprint density at radius 3 is 2.66 bits per heavy atom. The van der Waals surface area contributed by atoms with Crippen LogP contribution in [0.25, 0.3) is 10.9 Å². The number of nitrogens with one attached hydrogen (secondary N) is 1. The van der Waals surface area contributed by atoms with Crippen LogP contribution in [0.4, 0.5) is 5.69 Å². The first-order chi connectivity index (χ1) is 14.0. The summed E-state index contributed by atoms with van der Waals surface area (Å²) in [5.74, 6) is 0.125. The quantitative estimate of drug-likeness (QED) is 0.668. The highest BCUT2D eigenvalue weighted by atomic mass is 16.5. The number of carbonyl (C=O) groups excluding carboxylic acids is 2. The van der Waals surface area contributed by atoms with Gasteiger partial charge in [-0.1, -0.05) is 17.7 Å². The van der Waals surface area contributed by atoms with E-state index in [1.54, 1.807) is 13.2 Å². The fourth-order valence-electron chi connectivity index (χ4n) is 3.67. The molecule has 0 saturated heterocycles. The fourth-order valence-corrected chi connectivity index (χ4v) is 3.67. The van der Waals surface area contributed by atoms with Crippen LogP contribution >= 0.6 is 0 Å². The van der Waals surface area contributed by atoms with Crippen molar-refractivity contribution in [3.05, 3.63) is 53.7 Å². The van der Waals surface area contributed by atoms with Crippen molar-refractivity contribution in [2.45, 2.75) is 25.8 Å². The first-order valence-electron chi connectivity index (χ1n) is 9.51. The van der Waals surface area contributed by atoms with Crippen LogP contribution in [-0.4, -0.2) is 35.9 Å². The Kier molecular flexibility index (Phi) is 4.96. The maximum absolute atomic E-state index is 12.6. The van der Waals surface area contributed by atoms with Crippen LogP contribution in [0.15, 0.2) is 42.6 Å². The van der Waals surface area contributed by atoms with E-state index in [1.165, 1.54) is 7.11 Å². The molecule has 0 radical (unpaired) electrons. The van der Waals surface area contributed by atoms with E-state index in [2.05, 4.69) is 10.4 Å². The smallest absolute Gasteiger partial charge is 0.308 e. The molecule has 0 aliphatic heterocycles. The second-order valence-corrected chi connectivity index (χ2v) is 7.39. The largest absolute Gasteiger partial charge is 0.494 e. The Balaban J connectivity index is 1.57. The van der Waals surface area contributed by atoms with Crippen molar-refractivity contribution in [2.75, 3.05) is 19.5 Å². The van der Waals surface area contributed by atoms with Gasteiger partial charge in [0.15, 0.2) is 0 Å². The Labute approximate surface area is 168 Å². The summed E-state index contributed by atoms with van der Waals surface area (Å²) in [6, 6.07) is 11.3. The van der Waals surface area contributed by atoms with Crippen LogP contribution in [-0.2, 0) is 9.53 Å². The van der Waals surface area contributed by atoms with Crippen molar-refractivity contribution < 1.29 is 19.1 Å². The summed E-state index contributed by atoms with van der Waals surface area (Å²) in [4.78, 5) is 24.2. The zero-order chi connectivity index (χ0) is 20.5. The first kappa shape index (κ1) is 19.0. The molecule has 0 spiro atoms. The molecule has 3 aromatic rings. The lowest BCUT2D eigenvalue weighted by molar-refractivity contribution is -0.149. The van der Waals surface area contributed by atoms with Gasteiger partial charge >= 0.3 is 5.97 Å². The number of amides is 1.